The van der Waals surface area contributed by atoms with E-state index in [1.54, 1.807) is 6.07 Å². The van der Waals surface area contributed by atoms with Crippen molar-refractivity contribution in [1.82, 2.24) is 20.8 Å². The van der Waals surface area contributed by atoms with Crippen LogP contribution < -0.4 is 15.5 Å². The first-order valence-corrected chi connectivity index (χ1v) is 8.48. The van der Waals surface area contributed by atoms with Gasteiger partial charge in [0.05, 0.1) is 0 Å². The highest BCUT2D eigenvalue weighted by molar-refractivity contribution is 5.92. The average Bonchev–Trinajstić information content (AvgIpc) is 3.31. The second-order valence-corrected chi connectivity index (χ2v) is 6.36. The summed E-state index contributed by atoms with van der Waals surface area (Å²) in [4.78, 5) is 14.4. The molecule has 1 amide bonds. The van der Waals surface area contributed by atoms with Crippen molar-refractivity contribution in [3.8, 4) is 0 Å². The number of benzene rings is 1. The number of hydrogen-bond donors (Lipinski definition) is 2. The van der Waals surface area contributed by atoms with Crippen LogP contribution >= 0.6 is 24.8 Å². The fraction of sp³-hybridized carbons (Fsp3) is 0.389. The molecule has 0 atom stereocenters. The Morgan fingerprint density at radius 3 is 2.54 bits per heavy atom. The number of amides is 1. The normalized spacial score (nSPS) is 15.0. The van der Waals surface area contributed by atoms with E-state index in [4.69, 9.17) is 0 Å². The number of nitrogens with zero attached hydrogens (tertiary/aromatic N) is 3. The second kappa shape index (κ2) is 9.16. The number of carbonyl (C=O) groups is 1. The third-order valence-corrected chi connectivity index (χ3v) is 4.67. The van der Waals surface area contributed by atoms with Gasteiger partial charge in [-0.2, -0.15) is 0 Å². The molecule has 0 unspecified atom stereocenters. The first-order valence-electron chi connectivity index (χ1n) is 8.48. The first kappa shape index (κ1) is 20.4. The first-order chi connectivity index (χ1) is 11.8. The minimum atomic E-state index is -0.186. The maximum Gasteiger partial charge on any atom is 0.272 e. The van der Waals surface area contributed by atoms with E-state index in [2.05, 4.69) is 43.9 Å². The molecular formula is C18H23Cl2N5O. The number of hydrogen-bond acceptors (Lipinski definition) is 5. The van der Waals surface area contributed by atoms with E-state index in [0.717, 1.165) is 37.6 Å². The zero-order valence-electron chi connectivity index (χ0n) is 14.4. The molecule has 2 N–H and O–H groups in total. The molecule has 1 saturated heterocycles. The van der Waals surface area contributed by atoms with E-state index >= 15 is 0 Å². The summed E-state index contributed by atoms with van der Waals surface area (Å²) < 4.78 is 0. The molecule has 0 aliphatic carbocycles. The Labute approximate surface area is 165 Å². The van der Waals surface area contributed by atoms with Crippen molar-refractivity contribution >= 4 is 36.5 Å². The maximum atomic E-state index is 12.2. The molecule has 8 heteroatoms. The smallest absolute Gasteiger partial charge is 0.272 e. The number of nitrogens with one attached hydrogen (secondary N) is 2. The summed E-state index contributed by atoms with van der Waals surface area (Å²) in [5.74, 6) is 0.671. The van der Waals surface area contributed by atoms with Crippen LogP contribution in [0.5, 0.6) is 0 Å². The van der Waals surface area contributed by atoms with Gasteiger partial charge in [-0.1, -0.05) is 18.2 Å². The second-order valence-electron chi connectivity index (χ2n) is 6.36. The molecule has 0 saturated carbocycles. The Kier molecular flexibility index (Phi) is 7.20. The Balaban J connectivity index is 0.00000121. The Bertz CT molecular complexity index is 748. The molecule has 1 fully saturated rings. The molecular weight excluding hydrogens is 373 g/mol. The van der Waals surface area contributed by atoms with E-state index in [0.29, 0.717) is 12.2 Å². The highest BCUT2D eigenvalue weighted by Crippen LogP contribution is 2.18. The lowest BCUT2D eigenvalue weighted by Crippen LogP contribution is -2.25. The fourth-order valence-corrected chi connectivity index (χ4v) is 3.29. The summed E-state index contributed by atoms with van der Waals surface area (Å²) in [5, 5.41) is 14.5. The quantitative estimate of drug-likeness (QED) is 0.831. The predicted molar refractivity (Wildman–Crippen MR) is 106 cm³/mol. The van der Waals surface area contributed by atoms with E-state index in [9.17, 15) is 4.79 Å². The number of aromatic nitrogens is 2. The maximum absolute atomic E-state index is 12.2. The van der Waals surface area contributed by atoms with Gasteiger partial charge < -0.3 is 15.5 Å². The van der Waals surface area contributed by atoms with Crippen LogP contribution in [0.25, 0.3) is 0 Å². The van der Waals surface area contributed by atoms with Crippen LogP contribution in [0.2, 0.25) is 0 Å². The molecule has 0 spiro atoms. The monoisotopic (exact) mass is 395 g/mol. The van der Waals surface area contributed by atoms with Gasteiger partial charge in [-0.15, -0.1) is 35.0 Å². The van der Waals surface area contributed by atoms with Crippen molar-refractivity contribution in [2.45, 2.75) is 32.5 Å². The van der Waals surface area contributed by atoms with E-state index in [-0.39, 0.29) is 30.7 Å². The van der Waals surface area contributed by atoms with E-state index < -0.39 is 0 Å². The molecule has 6 nitrogen and oxygen atoms in total. The lowest BCUT2D eigenvalue weighted by molar-refractivity contribution is 0.0945. The third-order valence-electron chi connectivity index (χ3n) is 4.67. The predicted octanol–water partition coefficient (Wildman–Crippen LogP) is 2.45. The topological polar surface area (TPSA) is 70.2 Å². The van der Waals surface area contributed by atoms with Gasteiger partial charge in [0, 0.05) is 32.7 Å². The van der Waals surface area contributed by atoms with Crippen molar-refractivity contribution in [3.63, 3.8) is 0 Å². The minimum absolute atomic E-state index is 0. The van der Waals surface area contributed by atoms with Crippen molar-refractivity contribution in [2.75, 3.05) is 18.0 Å². The Morgan fingerprint density at radius 1 is 1.04 bits per heavy atom. The van der Waals surface area contributed by atoms with Crippen LogP contribution in [-0.4, -0.2) is 29.2 Å². The van der Waals surface area contributed by atoms with Gasteiger partial charge in [-0.3, -0.25) is 4.79 Å². The Hall–Kier alpha value is -1.89. The van der Waals surface area contributed by atoms with E-state index in [1.807, 2.05) is 6.07 Å². The van der Waals surface area contributed by atoms with Crippen LogP contribution in [0.4, 0.5) is 5.82 Å². The number of anilines is 1. The number of carbonyl (C=O) groups excluding carboxylic acids is 1. The van der Waals surface area contributed by atoms with Crippen LogP contribution in [0.3, 0.4) is 0 Å². The largest absolute Gasteiger partial charge is 0.355 e. The number of rotatable bonds is 4. The van der Waals surface area contributed by atoms with Crippen LogP contribution in [0, 0.1) is 0 Å². The molecule has 2 aliphatic heterocycles. The zero-order valence-corrected chi connectivity index (χ0v) is 16.0. The Morgan fingerprint density at radius 2 is 1.81 bits per heavy atom. The highest BCUT2D eigenvalue weighted by Gasteiger charge is 2.15. The SMILES string of the molecule is Cl.Cl.O=C(NCc1ccc2c(c1)CNC2)c1ccc(N2CCCC2)nn1. The lowest BCUT2D eigenvalue weighted by Gasteiger charge is -2.15. The van der Waals surface area contributed by atoms with Gasteiger partial charge in [0.25, 0.3) is 5.91 Å². The highest BCUT2D eigenvalue weighted by atomic mass is 35.5. The minimum Gasteiger partial charge on any atom is -0.355 e. The molecule has 140 valence electrons. The van der Waals surface area contributed by atoms with Gasteiger partial charge in [0.15, 0.2) is 11.5 Å². The average molecular weight is 396 g/mol. The van der Waals surface area contributed by atoms with Crippen LogP contribution in [0.15, 0.2) is 30.3 Å². The van der Waals surface area contributed by atoms with Crippen molar-refractivity contribution < 1.29 is 4.79 Å². The van der Waals surface area contributed by atoms with Gasteiger partial charge >= 0.3 is 0 Å². The fourth-order valence-electron chi connectivity index (χ4n) is 3.29. The van der Waals surface area contributed by atoms with E-state index in [1.165, 1.54) is 24.0 Å². The molecule has 2 aromatic rings. The van der Waals surface area contributed by atoms with Gasteiger partial charge in [0.2, 0.25) is 0 Å². The molecule has 26 heavy (non-hydrogen) atoms. The summed E-state index contributed by atoms with van der Waals surface area (Å²) >= 11 is 0. The van der Waals surface area contributed by atoms with Crippen molar-refractivity contribution in [1.29, 1.82) is 0 Å². The third kappa shape index (κ3) is 4.44. The summed E-state index contributed by atoms with van der Waals surface area (Å²) in [5.41, 5.74) is 4.12. The number of halogens is 2. The molecule has 0 bridgehead atoms. The molecule has 0 radical (unpaired) electrons. The summed E-state index contributed by atoms with van der Waals surface area (Å²) in [6.45, 7) is 4.38. The summed E-state index contributed by atoms with van der Waals surface area (Å²) in [6.07, 6.45) is 2.39. The molecule has 1 aromatic carbocycles. The van der Waals surface area contributed by atoms with Crippen LogP contribution in [0.1, 0.15) is 40.0 Å². The molecule has 3 heterocycles. The van der Waals surface area contributed by atoms with Gasteiger partial charge in [0.1, 0.15) is 0 Å². The van der Waals surface area contributed by atoms with Crippen molar-refractivity contribution in [2.24, 2.45) is 0 Å². The van der Waals surface area contributed by atoms with Gasteiger partial charge in [-0.25, -0.2) is 0 Å². The molecule has 1 aromatic heterocycles. The number of fused-ring (bicyclic) bond motifs is 1. The van der Waals surface area contributed by atoms with Crippen LogP contribution in [-0.2, 0) is 19.6 Å². The standard InChI is InChI=1S/C18H21N5O.2ClH/c24-18(16-5-6-17(22-21-16)23-7-1-2-8-23)20-10-13-3-4-14-11-19-12-15(14)9-13;;/h3-6,9,19H,1-2,7-8,10-12H2,(H,20,24);2*1H. The molecule has 2 aliphatic rings. The molecule has 4 rings (SSSR count). The van der Waals surface area contributed by atoms with Gasteiger partial charge in [-0.05, 0) is 41.7 Å². The van der Waals surface area contributed by atoms with Crippen molar-refractivity contribution in [3.05, 3.63) is 52.7 Å². The summed E-state index contributed by atoms with van der Waals surface area (Å²) in [6, 6.07) is 9.98. The lowest BCUT2D eigenvalue weighted by atomic mass is 10.1. The zero-order chi connectivity index (χ0) is 16.4. The summed E-state index contributed by atoms with van der Waals surface area (Å²) in [7, 11) is 0.